The van der Waals surface area contributed by atoms with Crippen LogP contribution in [0.25, 0.3) is 0 Å². The number of alkyl halides is 1. The second kappa shape index (κ2) is 4.73. The van der Waals surface area contributed by atoms with Gasteiger partial charge in [-0.2, -0.15) is 0 Å². The van der Waals surface area contributed by atoms with Crippen LogP contribution in [0, 0.1) is 0 Å². The zero-order valence-corrected chi connectivity index (χ0v) is 11.3. The van der Waals surface area contributed by atoms with Crippen LogP contribution in [0.5, 0.6) is 0 Å². The normalized spacial score (nSPS) is 13.0. The molecule has 80 valence electrons. The van der Waals surface area contributed by atoms with E-state index in [-0.39, 0.29) is 5.38 Å². The van der Waals surface area contributed by atoms with Crippen LogP contribution >= 0.6 is 38.9 Å². The van der Waals surface area contributed by atoms with Gasteiger partial charge in [0.2, 0.25) is 0 Å². The van der Waals surface area contributed by atoms with Crippen molar-refractivity contribution in [1.29, 1.82) is 0 Å². The maximum absolute atomic E-state index is 6.34. The largest absolute Gasteiger partial charge is 0.457 e. The second-order valence-corrected chi connectivity index (χ2v) is 5.62. The molecule has 0 fully saturated rings. The van der Waals surface area contributed by atoms with Gasteiger partial charge < -0.3 is 4.42 Å². The molecular weight excluding hydrogens is 296 g/mol. The summed E-state index contributed by atoms with van der Waals surface area (Å²) in [6.07, 6.45) is 2.75. The molecule has 2 aromatic rings. The Kier molecular flexibility index (Phi) is 3.54. The highest BCUT2D eigenvalue weighted by molar-refractivity contribution is 9.10. The molecule has 15 heavy (non-hydrogen) atoms. The van der Waals surface area contributed by atoms with Crippen LogP contribution < -0.4 is 0 Å². The standard InChI is InChI=1S/C11H10BrClOS/c1-2-8-3-4-9(15-8)11(13)7-5-10(12)14-6-7/h3-6,11H,2H2,1H3. The summed E-state index contributed by atoms with van der Waals surface area (Å²) in [5.41, 5.74) is 0.994. The summed E-state index contributed by atoms with van der Waals surface area (Å²) >= 11 is 11.4. The third kappa shape index (κ3) is 2.47. The summed E-state index contributed by atoms with van der Waals surface area (Å²) in [5.74, 6) is 0. The van der Waals surface area contributed by atoms with Crippen LogP contribution in [-0.4, -0.2) is 0 Å². The third-order valence-electron chi connectivity index (χ3n) is 2.16. The predicted molar refractivity (Wildman–Crippen MR) is 67.8 cm³/mol. The van der Waals surface area contributed by atoms with Gasteiger partial charge in [-0.1, -0.05) is 6.92 Å². The van der Waals surface area contributed by atoms with E-state index in [4.69, 9.17) is 16.0 Å². The van der Waals surface area contributed by atoms with Gasteiger partial charge in [-0.25, -0.2) is 0 Å². The lowest BCUT2D eigenvalue weighted by Crippen LogP contribution is -1.85. The minimum atomic E-state index is -0.106. The van der Waals surface area contributed by atoms with E-state index < -0.39 is 0 Å². The highest BCUT2D eigenvalue weighted by Gasteiger charge is 2.15. The van der Waals surface area contributed by atoms with Crippen LogP contribution in [0.4, 0.5) is 0 Å². The van der Waals surface area contributed by atoms with Gasteiger partial charge in [-0.05, 0) is 40.5 Å². The minimum Gasteiger partial charge on any atom is -0.457 e. The van der Waals surface area contributed by atoms with E-state index >= 15 is 0 Å². The fraction of sp³-hybridized carbons (Fsp3) is 0.273. The minimum absolute atomic E-state index is 0.106. The summed E-state index contributed by atoms with van der Waals surface area (Å²) in [6, 6.07) is 6.12. The Hall–Kier alpha value is -0.250. The van der Waals surface area contributed by atoms with Gasteiger partial charge in [0.25, 0.3) is 0 Å². The van der Waals surface area contributed by atoms with Crippen LogP contribution in [-0.2, 0) is 6.42 Å². The number of hydrogen-bond acceptors (Lipinski definition) is 2. The molecule has 0 spiro atoms. The highest BCUT2D eigenvalue weighted by Crippen LogP contribution is 2.35. The molecule has 1 unspecified atom stereocenters. The molecule has 4 heteroatoms. The van der Waals surface area contributed by atoms with Gasteiger partial charge in [0.15, 0.2) is 4.67 Å². The van der Waals surface area contributed by atoms with Gasteiger partial charge in [0.05, 0.1) is 11.6 Å². The molecule has 1 atom stereocenters. The second-order valence-electron chi connectivity index (χ2n) is 3.20. The lowest BCUT2D eigenvalue weighted by atomic mass is 10.2. The van der Waals surface area contributed by atoms with E-state index in [1.54, 1.807) is 17.6 Å². The average molecular weight is 306 g/mol. The Bertz CT molecular complexity index is 449. The quantitative estimate of drug-likeness (QED) is 0.728. The zero-order chi connectivity index (χ0) is 10.8. The molecule has 0 bridgehead atoms. The number of hydrogen-bond donors (Lipinski definition) is 0. The number of furan rings is 1. The maximum atomic E-state index is 6.34. The summed E-state index contributed by atoms with van der Waals surface area (Å²) in [4.78, 5) is 2.53. The SMILES string of the molecule is CCc1ccc(C(Cl)c2coc(Br)c2)s1. The van der Waals surface area contributed by atoms with Gasteiger partial charge >= 0.3 is 0 Å². The number of thiophene rings is 1. The third-order valence-corrected chi connectivity index (χ3v) is 4.49. The molecule has 1 nitrogen and oxygen atoms in total. The van der Waals surface area contributed by atoms with Crippen LogP contribution in [0.3, 0.4) is 0 Å². The lowest BCUT2D eigenvalue weighted by molar-refractivity contribution is 0.539. The topological polar surface area (TPSA) is 13.1 Å². The Labute approximate surface area is 106 Å². The molecule has 0 radical (unpaired) electrons. The lowest BCUT2D eigenvalue weighted by Gasteiger charge is -2.02. The monoisotopic (exact) mass is 304 g/mol. The Morgan fingerprint density at radius 3 is 2.87 bits per heavy atom. The van der Waals surface area contributed by atoms with E-state index in [0.717, 1.165) is 16.7 Å². The highest BCUT2D eigenvalue weighted by atomic mass is 79.9. The zero-order valence-electron chi connectivity index (χ0n) is 8.17. The first-order valence-electron chi connectivity index (χ1n) is 4.67. The van der Waals surface area contributed by atoms with E-state index in [2.05, 4.69) is 35.0 Å². The number of halogens is 2. The average Bonchev–Trinajstić information content (AvgIpc) is 2.84. The fourth-order valence-corrected chi connectivity index (χ4v) is 2.98. The van der Waals surface area contributed by atoms with E-state index in [1.165, 1.54) is 9.75 Å². The fourth-order valence-electron chi connectivity index (χ4n) is 1.34. The summed E-state index contributed by atoms with van der Waals surface area (Å²) in [5, 5.41) is -0.106. The van der Waals surface area contributed by atoms with Crippen molar-refractivity contribution >= 4 is 38.9 Å². The first-order chi connectivity index (χ1) is 7.20. The van der Waals surface area contributed by atoms with Crippen molar-refractivity contribution in [2.75, 3.05) is 0 Å². The molecule has 0 saturated carbocycles. The molecule has 0 N–H and O–H groups in total. The van der Waals surface area contributed by atoms with Gasteiger partial charge in [-0.3, -0.25) is 0 Å². The van der Waals surface area contributed by atoms with Crippen molar-refractivity contribution in [3.8, 4) is 0 Å². The Morgan fingerprint density at radius 1 is 1.53 bits per heavy atom. The molecule has 0 aliphatic heterocycles. The molecule has 0 aliphatic carbocycles. The van der Waals surface area contributed by atoms with Crippen LogP contribution in [0.2, 0.25) is 0 Å². The first kappa shape index (κ1) is 11.2. The van der Waals surface area contributed by atoms with Gasteiger partial charge in [0, 0.05) is 15.3 Å². The molecule has 0 aliphatic rings. The van der Waals surface area contributed by atoms with Crippen molar-refractivity contribution in [3.63, 3.8) is 0 Å². The summed E-state index contributed by atoms with van der Waals surface area (Å²) < 4.78 is 5.90. The number of rotatable bonds is 3. The summed E-state index contributed by atoms with van der Waals surface area (Å²) in [7, 11) is 0. The molecule has 2 aromatic heterocycles. The Morgan fingerprint density at radius 2 is 2.33 bits per heavy atom. The molecule has 2 rings (SSSR count). The molecule has 0 saturated heterocycles. The first-order valence-corrected chi connectivity index (χ1v) is 6.72. The maximum Gasteiger partial charge on any atom is 0.169 e. The van der Waals surface area contributed by atoms with Crippen molar-refractivity contribution < 1.29 is 4.42 Å². The van der Waals surface area contributed by atoms with E-state index in [0.29, 0.717) is 0 Å². The van der Waals surface area contributed by atoms with Crippen molar-refractivity contribution in [1.82, 2.24) is 0 Å². The van der Waals surface area contributed by atoms with E-state index in [1.807, 2.05) is 6.07 Å². The smallest absolute Gasteiger partial charge is 0.169 e. The van der Waals surface area contributed by atoms with E-state index in [9.17, 15) is 0 Å². The molecule has 0 aromatic carbocycles. The molecular formula is C11H10BrClOS. The van der Waals surface area contributed by atoms with Gasteiger partial charge in [-0.15, -0.1) is 22.9 Å². The van der Waals surface area contributed by atoms with Crippen LogP contribution in [0.1, 0.15) is 27.6 Å². The van der Waals surface area contributed by atoms with Crippen molar-refractivity contribution in [2.24, 2.45) is 0 Å². The van der Waals surface area contributed by atoms with Crippen molar-refractivity contribution in [2.45, 2.75) is 18.7 Å². The molecule has 2 heterocycles. The molecule has 0 amide bonds. The Balaban J connectivity index is 2.23. The summed E-state index contributed by atoms with van der Waals surface area (Å²) in [6.45, 7) is 2.15. The predicted octanol–water partition coefficient (Wildman–Crippen LogP) is 4.99. The van der Waals surface area contributed by atoms with Gasteiger partial charge in [0.1, 0.15) is 0 Å². The van der Waals surface area contributed by atoms with Crippen molar-refractivity contribution in [3.05, 3.63) is 44.4 Å². The van der Waals surface area contributed by atoms with Crippen LogP contribution in [0.15, 0.2) is 33.5 Å². The number of aryl methyl sites for hydroxylation is 1.